The van der Waals surface area contributed by atoms with Crippen molar-refractivity contribution in [2.45, 2.75) is 6.10 Å². The Bertz CT molecular complexity index is 494. The molecule has 0 bridgehead atoms. The van der Waals surface area contributed by atoms with Crippen LogP contribution in [0.4, 0.5) is 0 Å². The number of ether oxygens (including phenoxy) is 1. The van der Waals surface area contributed by atoms with Crippen LogP contribution in [0.15, 0.2) is 22.8 Å². The van der Waals surface area contributed by atoms with Crippen LogP contribution >= 0.6 is 12.4 Å². The average Bonchev–Trinajstić information content (AvgIpc) is 3.09. The van der Waals surface area contributed by atoms with Gasteiger partial charge in [-0.15, -0.1) is 12.4 Å². The third-order valence-electron chi connectivity index (χ3n) is 3.81. The highest BCUT2D eigenvalue weighted by Gasteiger charge is 2.31. The maximum atomic E-state index is 12.3. The fourth-order valence-corrected chi connectivity index (χ4v) is 2.61. The van der Waals surface area contributed by atoms with Gasteiger partial charge in [0.25, 0.3) is 11.8 Å². The van der Waals surface area contributed by atoms with E-state index in [9.17, 15) is 9.59 Å². The van der Waals surface area contributed by atoms with Crippen molar-refractivity contribution in [1.82, 2.24) is 15.1 Å². The van der Waals surface area contributed by atoms with Crippen LogP contribution in [0.1, 0.15) is 10.6 Å². The van der Waals surface area contributed by atoms with Crippen LogP contribution < -0.4 is 5.32 Å². The summed E-state index contributed by atoms with van der Waals surface area (Å²) in [5.41, 5.74) is 0. The summed E-state index contributed by atoms with van der Waals surface area (Å²) in [5, 5.41) is 3.15. The summed E-state index contributed by atoms with van der Waals surface area (Å²) in [6.45, 7) is 4.01. The molecule has 1 aromatic heterocycles. The van der Waals surface area contributed by atoms with Crippen LogP contribution in [-0.2, 0) is 9.53 Å². The summed E-state index contributed by atoms with van der Waals surface area (Å²) in [4.78, 5) is 27.9. The number of furan rings is 1. The lowest BCUT2D eigenvalue weighted by Crippen LogP contribution is -2.55. The monoisotopic (exact) mass is 329 g/mol. The van der Waals surface area contributed by atoms with Crippen molar-refractivity contribution in [3.8, 4) is 0 Å². The molecule has 0 aromatic carbocycles. The predicted octanol–water partition coefficient (Wildman–Crippen LogP) is -0.0258. The van der Waals surface area contributed by atoms with Gasteiger partial charge in [0.1, 0.15) is 6.10 Å². The lowest BCUT2D eigenvalue weighted by atomic mass is 10.2. The minimum absolute atomic E-state index is 0. The first kappa shape index (κ1) is 16.8. The summed E-state index contributed by atoms with van der Waals surface area (Å²) < 4.78 is 10.6. The quantitative estimate of drug-likeness (QED) is 0.825. The highest BCUT2D eigenvalue weighted by molar-refractivity contribution is 5.91. The van der Waals surface area contributed by atoms with Crippen molar-refractivity contribution in [3.05, 3.63) is 24.2 Å². The zero-order chi connectivity index (χ0) is 14.7. The topological polar surface area (TPSA) is 75.0 Å². The Morgan fingerprint density at radius 1 is 1.18 bits per heavy atom. The molecule has 0 radical (unpaired) electrons. The SMILES string of the molecule is Cl.O=C(c1ccco1)N1CCN(C(=O)C2CNCCO2)CC1. The van der Waals surface area contributed by atoms with Gasteiger partial charge in [-0.2, -0.15) is 0 Å². The van der Waals surface area contributed by atoms with E-state index in [4.69, 9.17) is 9.15 Å². The summed E-state index contributed by atoms with van der Waals surface area (Å²) in [7, 11) is 0. The molecule has 3 heterocycles. The molecule has 1 atom stereocenters. The highest BCUT2D eigenvalue weighted by atomic mass is 35.5. The van der Waals surface area contributed by atoms with E-state index in [0.717, 1.165) is 6.54 Å². The minimum Gasteiger partial charge on any atom is -0.459 e. The molecular weight excluding hydrogens is 310 g/mol. The number of hydrogen-bond acceptors (Lipinski definition) is 5. The normalized spacial score (nSPS) is 22.1. The number of amides is 2. The lowest BCUT2D eigenvalue weighted by Gasteiger charge is -2.36. The number of morpholine rings is 1. The van der Waals surface area contributed by atoms with E-state index in [2.05, 4.69) is 5.32 Å². The van der Waals surface area contributed by atoms with Gasteiger partial charge in [-0.3, -0.25) is 9.59 Å². The molecule has 2 aliphatic heterocycles. The van der Waals surface area contributed by atoms with E-state index in [0.29, 0.717) is 45.1 Å². The van der Waals surface area contributed by atoms with Crippen molar-refractivity contribution >= 4 is 24.2 Å². The van der Waals surface area contributed by atoms with Gasteiger partial charge in [-0.05, 0) is 12.1 Å². The van der Waals surface area contributed by atoms with Crippen molar-refractivity contribution in [1.29, 1.82) is 0 Å². The first-order chi connectivity index (χ1) is 10.3. The fourth-order valence-electron chi connectivity index (χ4n) is 2.61. The smallest absolute Gasteiger partial charge is 0.289 e. The number of carbonyl (C=O) groups is 2. The molecule has 1 aromatic rings. The molecule has 2 fully saturated rings. The number of nitrogens with one attached hydrogen (secondary N) is 1. The minimum atomic E-state index is -0.397. The lowest BCUT2D eigenvalue weighted by molar-refractivity contribution is -0.146. The zero-order valence-corrected chi connectivity index (χ0v) is 13.0. The maximum absolute atomic E-state index is 12.3. The molecule has 7 nitrogen and oxygen atoms in total. The molecule has 2 aliphatic rings. The van der Waals surface area contributed by atoms with Gasteiger partial charge in [0, 0.05) is 39.3 Å². The second-order valence-electron chi connectivity index (χ2n) is 5.16. The third-order valence-corrected chi connectivity index (χ3v) is 3.81. The number of hydrogen-bond donors (Lipinski definition) is 1. The molecular formula is C14H20ClN3O4. The number of rotatable bonds is 2. The van der Waals surface area contributed by atoms with Crippen molar-refractivity contribution in [2.24, 2.45) is 0 Å². The van der Waals surface area contributed by atoms with E-state index in [1.165, 1.54) is 6.26 Å². The Balaban J connectivity index is 0.00000176. The first-order valence-electron chi connectivity index (χ1n) is 7.19. The van der Waals surface area contributed by atoms with Gasteiger partial charge in [-0.25, -0.2) is 0 Å². The first-order valence-corrected chi connectivity index (χ1v) is 7.19. The Morgan fingerprint density at radius 3 is 2.50 bits per heavy atom. The van der Waals surface area contributed by atoms with E-state index in [1.54, 1.807) is 21.9 Å². The second-order valence-corrected chi connectivity index (χ2v) is 5.16. The van der Waals surface area contributed by atoms with Gasteiger partial charge >= 0.3 is 0 Å². The fraction of sp³-hybridized carbons (Fsp3) is 0.571. The highest BCUT2D eigenvalue weighted by Crippen LogP contribution is 2.11. The van der Waals surface area contributed by atoms with Crippen molar-refractivity contribution < 1.29 is 18.7 Å². The Labute approximate surface area is 135 Å². The van der Waals surface area contributed by atoms with Gasteiger partial charge in [0.15, 0.2) is 5.76 Å². The molecule has 2 amide bonds. The molecule has 122 valence electrons. The van der Waals surface area contributed by atoms with Crippen LogP contribution in [0.3, 0.4) is 0 Å². The molecule has 1 unspecified atom stereocenters. The predicted molar refractivity (Wildman–Crippen MR) is 81.0 cm³/mol. The summed E-state index contributed by atoms with van der Waals surface area (Å²) >= 11 is 0. The van der Waals surface area contributed by atoms with Gasteiger partial charge in [0.05, 0.1) is 12.9 Å². The number of piperazine rings is 1. The molecule has 8 heteroatoms. The standard InChI is InChI=1S/C14H19N3O4.ClH/c18-13(11-2-1-8-20-11)16-4-6-17(7-5-16)14(19)12-10-15-3-9-21-12;/h1-2,8,12,15H,3-7,9-10H2;1H. The van der Waals surface area contributed by atoms with Crippen LogP contribution in [-0.4, -0.2) is 73.6 Å². The molecule has 0 spiro atoms. The molecule has 2 saturated heterocycles. The molecule has 22 heavy (non-hydrogen) atoms. The average molecular weight is 330 g/mol. The van der Waals surface area contributed by atoms with E-state index < -0.39 is 6.10 Å². The van der Waals surface area contributed by atoms with Crippen LogP contribution in [0, 0.1) is 0 Å². The number of carbonyl (C=O) groups excluding carboxylic acids is 2. The van der Waals surface area contributed by atoms with Crippen LogP contribution in [0.5, 0.6) is 0 Å². The van der Waals surface area contributed by atoms with Gasteiger partial charge in [0.2, 0.25) is 0 Å². The van der Waals surface area contributed by atoms with Crippen molar-refractivity contribution in [3.63, 3.8) is 0 Å². The van der Waals surface area contributed by atoms with E-state index in [1.807, 2.05) is 0 Å². The maximum Gasteiger partial charge on any atom is 0.289 e. The Hall–Kier alpha value is -1.57. The molecule has 3 rings (SSSR count). The van der Waals surface area contributed by atoms with Crippen LogP contribution in [0.25, 0.3) is 0 Å². The summed E-state index contributed by atoms with van der Waals surface area (Å²) in [6.07, 6.45) is 1.09. The molecule has 1 N–H and O–H groups in total. The third kappa shape index (κ3) is 3.60. The second kappa shape index (κ2) is 7.62. The van der Waals surface area contributed by atoms with Crippen molar-refractivity contribution in [2.75, 3.05) is 45.9 Å². The summed E-state index contributed by atoms with van der Waals surface area (Å²) in [5.74, 6) is 0.226. The Kier molecular flexibility index (Phi) is 5.82. The molecule has 0 saturated carbocycles. The number of halogens is 1. The largest absolute Gasteiger partial charge is 0.459 e. The van der Waals surface area contributed by atoms with Gasteiger partial charge in [-0.1, -0.05) is 0 Å². The van der Waals surface area contributed by atoms with Crippen LogP contribution in [0.2, 0.25) is 0 Å². The zero-order valence-electron chi connectivity index (χ0n) is 12.2. The van der Waals surface area contributed by atoms with E-state index in [-0.39, 0.29) is 24.2 Å². The molecule has 0 aliphatic carbocycles. The Morgan fingerprint density at radius 2 is 1.91 bits per heavy atom. The number of nitrogens with zero attached hydrogens (tertiary/aromatic N) is 2. The summed E-state index contributed by atoms with van der Waals surface area (Å²) in [6, 6.07) is 3.35. The van der Waals surface area contributed by atoms with E-state index >= 15 is 0 Å². The van der Waals surface area contributed by atoms with Gasteiger partial charge < -0.3 is 24.3 Å².